The number of nitrogens with zero attached hydrogens (tertiary/aromatic N) is 4. The van der Waals surface area contributed by atoms with E-state index in [0.717, 1.165) is 41.9 Å². The molecule has 7 heteroatoms. The maximum Gasteiger partial charge on any atom is 0.254 e. The van der Waals surface area contributed by atoms with Gasteiger partial charge in [0.05, 0.1) is 12.2 Å². The fraction of sp³-hybridized carbons (Fsp3) is 0.214. The van der Waals surface area contributed by atoms with Crippen LogP contribution < -0.4 is 5.73 Å². The minimum Gasteiger partial charge on any atom is -0.366 e. The van der Waals surface area contributed by atoms with Crippen LogP contribution in [-0.4, -0.2) is 44.6 Å². The first-order valence-electron chi connectivity index (χ1n) is 11.8. The quantitative estimate of drug-likeness (QED) is 0.464. The Morgan fingerprint density at radius 3 is 2.69 bits per heavy atom. The van der Waals surface area contributed by atoms with E-state index in [1.807, 2.05) is 76.4 Å². The molecule has 0 unspecified atom stereocenters. The Balaban J connectivity index is 1.36. The van der Waals surface area contributed by atoms with E-state index in [0.29, 0.717) is 24.2 Å². The number of primary amides is 1. The molecule has 2 aromatic carbocycles. The number of likely N-dealkylation sites (tertiary alicyclic amines) is 1. The van der Waals surface area contributed by atoms with Crippen LogP contribution >= 0.6 is 0 Å². The molecule has 0 bridgehead atoms. The van der Waals surface area contributed by atoms with Crippen molar-refractivity contribution in [3.63, 3.8) is 0 Å². The monoisotopic (exact) mass is 465 g/mol. The number of pyridine rings is 1. The second kappa shape index (κ2) is 9.93. The third-order valence-electron chi connectivity index (χ3n) is 6.48. The lowest BCUT2D eigenvalue weighted by molar-refractivity contribution is 0.0704. The average molecular weight is 466 g/mol. The normalized spacial score (nSPS) is 15.7. The van der Waals surface area contributed by atoms with Crippen LogP contribution in [0.3, 0.4) is 0 Å². The van der Waals surface area contributed by atoms with Crippen LogP contribution in [0.2, 0.25) is 0 Å². The number of piperidine rings is 1. The highest BCUT2D eigenvalue weighted by Gasteiger charge is 2.27. The Labute approximate surface area is 204 Å². The molecule has 7 nitrogen and oxygen atoms in total. The summed E-state index contributed by atoms with van der Waals surface area (Å²) in [5, 5.41) is 4.28. The van der Waals surface area contributed by atoms with Gasteiger partial charge < -0.3 is 10.6 Å². The van der Waals surface area contributed by atoms with Crippen LogP contribution in [0.4, 0.5) is 0 Å². The van der Waals surface area contributed by atoms with Gasteiger partial charge in [-0.3, -0.25) is 19.3 Å². The highest BCUT2D eigenvalue weighted by molar-refractivity contribution is 5.96. The van der Waals surface area contributed by atoms with Crippen molar-refractivity contribution in [2.75, 3.05) is 13.1 Å². The van der Waals surface area contributed by atoms with Crippen LogP contribution in [0.1, 0.15) is 50.7 Å². The van der Waals surface area contributed by atoms with Gasteiger partial charge in [0.1, 0.15) is 0 Å². The third kappa shape index (κ3) is 4.99. The molecule has 176 valence electrons. The largest absolute Gasteiger partial charge is 0.366 e. The molecule has 35 heavy (non-hydrogen) atoms. The van der Waals surface area contributed by atoms with E-state index in [4.69, 9.17) is 10.7 Å². The maximum atomic E-state index is 13.5. The summed E-state index contributed by atoms with van der Waals surface area (Å²) in [6.45, 7) is 1.90. The molecule has 1 atom stereocenters. The minimum absolute atomic E-state index is 0.0442. The fourth-order valence-electron chi connectivity index (χ4n) is 4.68. The van der Waals surface area contributed by atoms with E-state index in [1.54, 1.807) is 18.3 Å². The van der Waals surface area contributed by atoms with E-state index in [9.17, 15) is 9.59 Å². The summed E-state index contributed by atoms with van der Waals surface area (Å²) in [4.78, 5) is 32.0. The summed E-state index contributed by atoms with van der Waals surface area (Å²) < 4.78 is 1.83. The second-order valence-corrected chi connectivity index (χ2v) is 8.84. The zero-order valence-electron chi connectivity index (χ0n) is 19.4. The van der Waals surface area contributed by atoms with E-state index in [2.05, 4.69) is 5.10 Å². The molecule has 0 saturated carbocycles. The summed E-state index contributed by atoms with van der Waals surface area (Å²) in [6, 6.07) is 22.8. The van der Waals surface area contributed by atoms with Gasteiger partial charge in [-0.05, 0) is 54.8 Å². The van der Waals surface area contributed by atoms with Gasteiger partial charge in [-0.25, -0.2) is 0 Å². The number of carbonyl (C=O) groups excluding carboxylic acids is 2. The third-order valence-corrected chi connectivity index (χ3v) is 6.48. The number of benzene rings is 2. The zero-order valence-corrected chi connectivity index (χ0v) is 19.4. The van der Waals surface area contributed by atoms with Crippen LogP contribution in [0.5, 0.6) is 0 Å². The number of amides is 2. The smallest absolute Gasteiger partial charge is 0.254 e. The fourth-order valence-corrected chi connectivity index (χ4v) is 4.68. The summed E-state index contributed by atoms with van der Waals surface area (Å²) in [5.74, 6) is -0.273. The molecule has 2 amide bonds. The molecule has 4 aromatic rings. The number of aromatic nitrogens is 3. The highest BCUT2D eigenvalue weighted by Crippen LogP contribution is 2.29. The Morgan fingerprint density at radius 1 is 1.00 bits per heavy atom. The van der Waals surface area contributed by atoms with Crippen molar-refractivity contribution < 1.29 is 9.59 Å². The Hall–Kier alpha value is -4.26. The van der Waals surface area contributed by atoms with E-state index in [1.165, 1.54) is 0 Å². The molecule has 0 spiro atoms. The summed E-state index contributed by atoms with van der Waals surface area (Å²) in [6.07, 6.45) is 5.53. The average Bonchev–Trinajstić information content (AvgIpc) is 3.42. The lowest BCUT2D eigenvalue weighted by atomic mass is 9.93. The molecule has 2 N–H and O–H groups in total. The predicted octanol–water partition coefficient (Wildman–Crippen LogP) is 4.11. The number of hydrogen-bond acceptors (Lipinski definition) is 4. The summed E-state index contributed by atoms with van der Waals surface area (Å²) in [7, 11) is 0. The van der Waals surface area contributed by atoms with Crippen molar-refractivity contribution >= 4 is 11.8 Å². The summed E-state index contributed by atoms with van der Waals surface area (Å²) >= 11 is 0. The van der Waals surface area contributed by atoms with Gasteiger partial charge in [-0.2, -0.15) is 5.10 Å². The van der Waals surface area contributed by atoms with Gasteiger partial charge in [-0.1, -0.05) is 36.4 Å². The molecule has 2 aromatic heterocycles. The topological polar surface area (TPSA) is 94.1 Å². The van der Waals surface area contributed by atoms with Crippen LogP contribution in [0.25, 0.3) is 11.3 Å². The molecule has 3 heterocycles. The first-order chi connectivity index (χ1) is 17.1. The number of nitrogens with two attached hydrogens (primary N) is 1. The van der Waals surface area contributed by atoms with Crippen molar-refractivity contribution in [1.82, 2.24) is 19.7 Å². The first-order valence-corrected chi connectivity index (χ1v) is 11.8. The molecule has 5 rings (SSSR count). The second-order valence-electron chi connectivity index (χ2n) is 8.84. The van der Waals surface area contributed by atoms with E-state index in [-0.39, 0.29) is 11.8 Å². The van der Waals surface area contributed by atoms with E-state index >= 15 is 0 Å². The standard InChI is InChI=1S/C28H27N5O2/c29-27(34)21-9-3-8-20(17-21)25-12-4-13-26(31-25)23-10-5-15-32(18-23)28(35)24-11-2-1-7-22(24)19-33-16-6-14-30-33/h1-4,6-9,11-14,16-17,23H,5,10,15,18-19H2,(H2,29,34)/t23-/m1/s1. The molecule has 1 saturated heterocycles. The molecule has 1 fully saturated rings. The van der Waals surface area contributed by atoms with Crippen LogP contribution in [-0.2, 0) is 6.54 Å². The molecule has 0 radical (unpaired) electrons. The van der Waals surface area contributed by atoms with Gasteiger partial charge >= 0.3 is 0 Å². The number of carbonyl (C=O) groups is 2. The lowest BCUT2D eigenvalue weighted by Crippen LogP contribution is -2.39. The van der Waals surface area contributed by atoms with Crippen molar-refractivity contribution in [3.05, 3.63) is 108 Å². The van der Waals surface area contributed by atoms with Crippen molar-refractivity contribution in [2.24, 2.45) is 5.73 Å². The van der Waals surface area contributed by atoms with Crippen LogP contribution in [0, 0.1) is 0 Å². The summed E-state index contributed by atoms with van der Waals surface area (Å²) in [5.41, 5.74) is 10.2. The van der Waals surface area contributed by atoms with Gasteiger partial charge in [0.2, 0.25) is 5.91 Å². The molecular formula is C28H27N5O2. The minimum atomic E-state index is -0.461. The number of rotatable bonds is 6. The van der Waals surface area contributed by atoms with Gasteiger partial charge in [-0.15, -0.1) is 0 Å². The Morgan fingerprint density at radius 2 is 1.86 bits per heavy atom. The van der Waals surface area contributed by atoms with Gasteiger partial charge in [0.25, 0.3) is 5.91 Å². The van der Waals surface area contributed by atoms with Crippen LogP contribution in [0.15, 0.2) is 85.2 Å². The maximum absolute atomic E-state index is 13.5. The first kappa shape index (κ1) is 22.5. The number of hydrogen-bond donors (Lipinski definition) is 1. The van der Waals surface area contributed by atoms with Crippen molar-refractivity contribution in [3.8, 4) is 11.3 Å². The molecule has 1 aliphatic heterocycles. The lowest BCUT2D eigenvalue weighted by Gasteiger charge is -2.33. The Bertz CT molecular complexity index is 1350. The van der Waals surface area contributed by atoms with Gasteiger partial charge in [0, 0.05) is 53.8 Å². The highest BCUT2D eigenvalue weighted by atomic mass is 16.2. The Kier molecular flexibility index (Phi) is 6.39. The molecule has 1 aliphatic rings. The zero-order chi connectivity index (χ0) is 24.2. The molecule has 0 aliphatic carbocycles. The van der Waals surface area contributed by atoms with Gasteiger partial charge in [0.15, 0.2) is 0 Å². The van der Waals surface area contributed by atoms with Crippen molar-refractivity contribution in [1.29, 1.82) is 0 Å². The van der Waals surface area contributed by atoms with Crippen molar-refractivity contribution in [2.45, 2.75) is 25.3 Å². The van der Waals surface area contributed by atoms with E-state index < -0.39 is 5.91 Å². The predicted molar refractivity (Wildman–Crippen MR) is 134 cm³/mol. The SMILES string of the molecule is NC(=O)c1cccc(-c2cccc([C@@H]3CCCN(C(=O)c4ccccc4Cn4cccn4)C3)n2)c1. The molecular weight excluding hydrogens is 438 g/mol.